The van der Waals surface area contributed by atoms with E-state index in [2.05, 4.69) is 92.1 Å². The predicted molar refractivity (Wildman–Crippen MR) is 199 cm³/mol. The number of halogens is 3. The smallest absolute Gasteiger partial charge is 0.255 e. The second kappa shape index (κ2) is 17.1. The highest BCUT2D eigenvalue weighted by molar-refractivity contribution is 6.28. The molecule has 270 valence electrons. The number of hydrogen-bond donors (Lipinski definition) is 0. The molecule has 12 heteroatoms. The highest BCUT2D eigenvalue weighted by atomic mass is 35.5. The van der Waals surface area contributed by atoms with E-state index in [9.17, 15) is 18.4 Å². The zero-order chi connectivity index (χ0) is 36.7. The second-order valence-electron chi connectivity index (χ2n) is 13.8. The third-order valence-electron chi connectivity index (χ3n) is 9.55. The van der Waals surface area contributed by atoms with Gasteiger partial charge in [-0.05, 0) is 71.7 Å². The molecule has 6 rings (SSSR count). The molecule has 2 aromatic heterocycles. The van der Waals surface area contributed by atoms with Crippen LogP contribution in [0.15, 0.2) is 73.1 Å². The molecule has 0 bridgehead atoms. The van der Waals surface area contributed by atoms with Crippen LogP contribution in [0.25, 0.3) is 0 Å². The number of hydrogen-bond acceptors (Lipinski definition) is 9. The number of carbonyl (C=O) groups excluding carboxylic acids is 2. The van der Waals surface area contributed by atoms with Gasteiger partial charge in [0.15, 0.2) is 0 Å². The van der Waals surface area contributed by atoms with Crippen LogP contribution in [-0.2, 0) is 9.59 Å². The molecule has 0 saturated carbocycles. The van der Waals surface area contributed by atoms with Crippen molar-refractivity contribution in [2.75, 3.05) is 54.5 Å². The minimum absolute atomic E-state index is 0.203. The number of ketones is 2. The van der Waals surface area contributed by atoms with Crippen molar-refractivity contribution in [1.82, 2.24) is 19.9 Å². The summed E-state index contributed by atoms with van der Waals surface area (Å²) in [6, 6.07) is 20.8. The molecule has 51 heavy (non-hydrogen) atoms. The molecule has 0 unspecified atom stereocenters. The maximum absolute atomic E-state index is 12.6. The summed E-state index contributed by atoms with van der Waals surface area (Å²) < 4.78 is 25.1. The van der Waals surface area contributed by atoms with E-state index < -0.39 is 6.43 Å². The zero-order valence-corrected chi connectivity index (χ0v) is 30.6. The minimum Gasteiger partial charge on any atom is -0.355 e. The van der Waals surface area contributed by atoms with Gasteiger partial charge in [-0.2, -0.15) is 4.98 Å². The first kappa shape index (κ1) is 37.7. The van der Waals surface area contributed by atoms with Gasteiger partial charge in [-0.15, -0.1) is 0 Å². The molecule has 4 heterocycles. The first-order valence-corrected chi connectivity index (χ1v) is 17.7. The number of Topliss-reactive ketones (excluding diaryl/α,β-unsaturated/α-hetero) is 2. The maximum atomic E-state index is 12.6. The van der Waals surface area contributed by atoms with Gasteiger partial charge in [-0.25, -0.2) is 23.7 Å². The highest BCUT2D eigenvalue weighted by Gasteiger charge is 2.30. The number of carbonyl (C=O) groups is 2. The van der Waals surface area contributed by atoms with Crippen molar-refractivity contribution >= 4 is 40.8 Å². The van der Waals surface area contributed by atoms with E-state index in [0.717, 1.165) is 37.8 Å². The number of benzene rings is 2. The lowest BCUT2D eigenvalue weighted by atomic mass is 9.88. The fraction of sp³-hybridized carbons (Fsp3) is 0.436. The molecule has 0 N–H and O–H groups in total. The number of anilines is 3. The predicted octanol–water partition coefficient (Wildman–Crippen LogP) is 7.68. The summed E-state index contributed by atoms with van der Waals surface area (Å²) in [4.78, 5) is 44.9. The number of rotatable bonds is 13. The van der Waals surface area contributed by atoms with Gasteiger partial charge in [-0.3, -0.25) is 0 Å². The topological polar surface area (TPSA) is 95.4 Å². The van der Waals surface area contributed by atoms with E-state index in [1.807, 2.05) is 12.1 Å². The number of aromatic nitrogens is 4. The average molecular weight is 718 g/mol. The molecule has 2 aromatic carbocycles. The Morgan fingerprint density at radius 1 is 0.745 bits per heavy atom. The monoisotopic (exact) mass is 717 g/mol. The Bertz CT molecular complexity index is 1760. The average Bonchev–Trinajstić information content (AvgIpc) is 3.04. The van der Waals surface area contributed by atoms with Gasteiger partial charge in [0.25, 0.3) is 6.43 Å². The van der Waals surface area contributed by atoms with Crippen molar-refractivity contribution in [3.05, 3.63) is 101 Å². The van der Waals surface area contributed by atoms with Crippen molar-refractivity contribution in [2.24, 2.45) is 0 Å². The minimum atomic E-state index is -2.42. The molecule has 2 atom stereocenters. The SMILES string of the molecule is CC(=O)C[C@@H](C)c1ccc(C2CN(c3ccnc(Cl)n3)C2)cc1.CC(=O)C[C@@H](C)c1ccc(C2CN(c3ccnc(N(C)CC(F)F)n3)C2)cc1. The third kappa shape index (κ3) is 10.3. The van der Waals surface area contributed by atoms with Crippen LogP contribution in [0.2, 0.25) is 5.28 Å². The van der Waals surface area contributed by atoms with Crippen molar-refractivity contribution in [2.45, 2.75) is 70.6 Å². The van der Waals surface area contributed by atoms with Gasteiger partial charge in [0, 0.05) is 70.3 Å². The van der Waals surface area contributed by atoms with Crippen LogP contribution in [0.3, 0.4) is 0 Å². The maximum Gasteiger partial charge on any atom is 0.255 e. The lowest BCUT2D eigenvalue weighted by molar-refractivity contribution is -0.118. The van der Waals surface area contributed by atoms with E-state index in [1.165, 1.54) is 27.2 Å². The lowest BCUT2D eigenvalue weighted by Gasteiger charge is -2.40. The molecule has 2 aliphatic rings. The Morgan fingerprint density at radius 2 is 1.18 bits per heavy atom. The van der Waals surface area contributed by atoms with Crippen molar-refractivity contribution in [1.29, 1.82) is 0 Å². The van der Waals surface area contributed by atoms with Crippen LogP contribution in [0.4, 0.5) is 26.4 Å². The van der Waals surface area contributed by atoms with Crippen LogP contribution in [0.5, 0.6) is 0 Å². The zero-order valence-electron chi connectivity index (χ0n) is 29.8. The number of nitrogens with zero attached hydrogens (tertiary/aromatic N) is 7. The van der Waals surface area contributed by atoms with Crippen LogP contribution in [0, 0.1) is 0 Å². The molecule has 0 spiro atoms. The Kier molecular flexibility index (Phi) is 12.7. The molecular weight excluding hydrogens is 672 g/mol. The summed E-state index contributed by atoms with van der Waals surface area (Å²) in [6.45, 7) is 10.6. The van der Waals surface area contributed by atoms with Gasteiger partial charge in [0.2, 0.25) is 11.2 Å². The van der Waals surface area contributed by atoms with E-state index in [1.54, 1.807) is 33.3 Å². The standard InChI is InChI=1S/C21H26F2N4O.C18H20ClN3O/c1-14(10-15(2)28)16-4-6-17(7-5-16)18-11-27(12-18)20-8-9-24-21(25-20)26(3)13-19(22)23;1-12(9-13(2)23)14-3-5-15(6-4-14)16-10-22(11-16)17-7-8-20-18(19)21-17/h4-9,14,18-19H,10-13H2,1-3H3;3-8,12,16H,9-11H2,1-2H3/t14-;12-/m11/s1. The van der Waals surface area contributed by atoms with Gasteiger partial charge in [-0.1, -0.05) is 62.4 Å². The summed E-state index contributed by atoms with van der Waals surface area (Å²) in [5.74, 6) is 3.83. The van der Waals surface area contributed by atoms with Crippen molar-refractivity contribution < 1.29 is 18.4 Å². The Morgan fingerprint density at radius 3 is 1.59 bits per heavy atom. The Hall–Kier alpha value is -4.51. The van der Waals surface area contributed by atoms with Gasteiger partial charge in [0.1, 0.15) is 23.2 Å². The summed E-state index contributed by atoms with van der Waals surface area (Å²) in [7, 11) is 1.57. The summed E-state index contributed by atoms with van der Waals surface area (Å²) in [5, 5.41) is 0.287. The fourth-order valence-corrected chi connectivity index (χ4v) is 6.68. The quantitative estimate of drug-likeness (QED) is 0.129. The first-order valence-electron chi connectivity index (χ1n) is 17.4. The molecule has 2 aliphatic heterocycles. The second-order valence-corrected chi connectivity index (χ2v) is 14.2. The Labute approximate surface area is 304 Å². The van der Waals surface area contributed by atoms with Crippen LogP contribution < -0.4 is 14.7 Å². The van der Waals surface area contributed by atoms with Crippen LogP contribution in [0.1, 0.15) is 86.5 Å². The molecule has 0 amide bonds. The normalized spacial score (nSPS) is 15.7. The summed E-state index contributed by atoms with van der Waals surface area (Å²) >= 11 is 5.83. The lowest BCUT2D eigenvalue weighted by Crippen LogP contribution is -2.45. The van der Waals surface area contributed by atoms with Crippen LogP contribution >= 0.6 is 11.6 Å². The van der Waals surface area contributed by atoms with Gasteiger partial charge >= 0.3 is 0 Å². The molecule has 2 fully saturated rings. The van der Waals surface area contributed by atoms with Gasteiger partial charge < -0.3 is 24.3 Å². The van der Waals surface area contributed by atoms with E-state index in [4.69, 9.17) is 11.6 Å². The van der Waals surface area contributed by atoms with Crippen molar-refractivity contribution in [3.8, 4) is 0 Å². The largest absolute Gasteiger partial charge is 0.355 e. The van der Waals surface area contributed by atoms with Gasteiger partial charge in [0.05, 0.1) is 6.54 Å². The van der Waals surface area contributed by atoms with Crippen molar-refractivity contribution in [3.63, 3.8) is 0 Å². The summed E-state index contributed by atoms with van der Waals surface area (Å²) in [5.41, 5.74) is 5.00. The fourth-order valence-electron chi connectivity index (χ4n) is 6.53. The molecule has 9 nitrogen and oxygen atoms in total. The third-order valence-corrected chi connectivity index (χ3v) is 9.73. The van der Waals surface area contributed by atoms with E-state index in [-0.39, 0.29) is 35.2 Å². The molecular formula is C39H46ClF2N7O2. The van der Waals surface area contributed by atoms with E-state index in [0.29, 0.717) is 30.6 Å². The van der Waals surface area contributed by atoms with Crippen LogP contribution in [-0.4, -0.2) is 77.7 Å². The molecule has 0 aliphatic carbocycles. The molecule has 0 radical (unpaired) electrons. The summed E-state index contributed by atoms with van der Waals surface area (Å²) in [6.07, 6.45) is 2.03. The molecule has 4 aromatic rings. The molecule has 2 saturated heterocycles. The van der Waals surface area contributed by atoms with E-state index >= 15 is 0 Å². The highest BCUT2D eigenvalue weighted by Crippen LogP contribution is 2.33. The Balaban J connectivity index is 0.000000201. The first-order chi connectivity index (χ1) is 24.4. The number of alkyl halides is 2.